The van der Waals surface area contributed by atoms with Crippen LogP contribution in [-0.4, -0.2) is 28.4 Å². The van der Waals surface area contributed by atoms with Crippen LogP contribution >= 0.6 is 0 Å². The van der Waals surface area contributed by atoms with Crippen molar-refractivity contribution in [3.05, 3.63) is 132 Å². The van der Waals surface area contributed by atoms with Gasteiger partial charge in [0.15, 0.2) is 0 Å². The first kappa shape index (κ1) is 25.3. The molecule has 0 bridgehead atoms. The van der Waals surface area contributed by atoms with Crippen molar-refractivity contribution in [2.24, 2.45) is 0 Å². The van der Waals surface area contributed by atoms with Gasteiger partial charge in [0.1, 0.15) is 11.3 Å². The maximum atomic E-state index is 12.9. The van der Waals surface area contributed by atoms with Gasteiger partial charge in [-0.1, -0.05) is 60.7 Å². The molecule has 6 rings (SSSR count). The Kier molecular flexibility index (Phi) is 6.74. The van der Waals surface area contributed by atoms with E-state index in [0.29, 0.717) is 29.7 Å². The third-order valence-electron chi connectivity index (χ3n) is 7.64. The molecular formula is C34H29N3O3. The summed E-state index contributed by atoms with van der Waals surface area (Å²) in [6.07, 6.45) is 3.81. The highest BCUT2D eigenvalue weighted by Crippen LogP contribution is 2.47. The van der Waals surface area contributed by atoms with Gasteiger partial charge in [-0.25, -0.2) is 0 Å². The fraction of sp³-hybridized carbons (Fsp3) is 0.147. The average molecular weight is 528 g/mol. The zero-order valence-corrected chi connectivity index (χ0v) is 21.9. The Balaban J connectivity index is 1.06. The summed E-state index contributed by atoms with van der Waals surface area (Å²) in [5.74, 6) is -0.195. The molecule has 0 saturated heterocycles. The molecule has 4 aromatic carbocycles. The predicted octanol–water partition coefficient (Wildman–Crippen LogP) is 6.00. The van der Waals surface area contributed by atoms with E-state index < -0.39 is 0 Å². The molecule has 0 radical (unpaired) electrons. The predicted molar refractivity (Wildman–Crippen MR) is 156 cm³/mol. The van der Waals surface area contributed by atoms with Crippen LogP contribution in [0.3, 0.4) is 0 Å². The van der Waals surface area contributed by atoms with Crippen molar-refractivity contribution in [3.63, 3.8) is 0 Å². The molecule has 1 aromatic heterocycles. The molecule has 0 unspecified atom stereocenters. The summed E-state index contributed by atoms with van der Waals surface area (Å²) in [4.78, 5) is 29.9. The lowest BCUT2D eigenvalue weighted by Crippen LogP contribution is -2.32. The molecule has 1 heterocycles. The topological polar surface area (TPSA) is 91.3 Å². The Labute approximate surface area is 232 Å². The second kappa shape index (κ2) is 10.7. The molecule has 0 aliphatic heterocycles. The molecule has 5 aromatic rings. The number of phenolic OH excluding ortho intramolecular Hbond substituents is 1. The van der Waals surface area contributed by atoms with Gasteiger partial charge in [0.05, 0.1) is 0 Å². The largest absolute Gasteiger partial charge is 0.506 e. The maximum Gasteiger partial charge on any atom is 0.251 e. The Bertz CT molecular complexity index is 1690. The third kappa shape index (κ3) is 5.29. The number of carbonyl (C=O) groups is 2. The molecule has 0 atom stereocenters. The van der Waals surface area contributed by atoms with Crippen molar-refractivity contribution in [2.45, 2.75) is 24.8 Å². The summed E-state index contributed by atoms with van der Waals surface area (Å²) < 4.78 is 0. The van der Waals surface area contributed by atoms with Crippen molar-refractivity contribution in [1.29, 1.82) is 0 Å². The number of aromatic nitrogens is 1. The number of hydrogen-bond donors (Lipinski definition) is 3. The number of benzene rings is 4. The average Bonchev–Trinajstić information content (AvgIpc) is 3.81. The van der Waals surface area contributed by atoms with Crippen LogP contribution in [0.5, 0.6) is 5.75 Å². The zero-order chi connectivity index (χ0) is 27.5. The normalized spacial score (nSPS) is 13.5. The van der Waals surface area contributed by atoms with Crippen LogP contribution < -0.4 is 10.6 Å². The van der Waals surface area contributed by atoms with E-state index in [1.165, 1.54) is 5.56 Å². The van der Waals surface area contributed by atoms with Gasteiger partial charge < -0.3 is 15.7 Å². The van der Waals surface area contributed by atoms with Crippen LogP contribution in [0.4, 0.5) is 0 Å². The highest BCUT2D eigenvalue weighted by molar-refractivity contribution is 5.96. The van der Waals surface area contributed by atoms with Gasteiger partial charge in [0.2, 0.25) is 0 Å². The molecule has 40 heavy (non-hydrogen) atoms. The number of phenols is 1. The minimum absolute atomic E-state index is 0.0599. The highest BCUT2D eigenvalue weighted by Gasteiger charge is 2.44. The lowest BCUT2D eigenvalue weighted by Gasteiger charge is -2.16. The van der Waals surface area contributed by atoms with Gasteiger partial charge in [-0.15, -0.1) is 0 Å². The van der Waals surface area contributed by atoms with Gasteiger partial charge in [0, 0.05) is 41.2 Å². The van der Waals surface area contributed by atoms with Gasteiger partial charge in [-0.2, -0.15) is 0 Å². The fourth-order valence-corrected chi connectivity index (χ4v) is 5.10. The second-order valence-electron chi connectivity index (χ2n) is 10.4. The molecule has 0 spiro atoms. The van der Waals surface area contributed by atoms with Crippen LogP contribution in [0.2, 0.25) is 0 Å². The van der Waals surface area contributed by atoms with Crippen molar-refractivity contribution in [1.82, 2.24) is 15.6 Å². The fourth-order valence-electron chi connectivity index (χ4n) is 5.10. The standard InChI is InChI=1S/C34H29N3O3/c38-30-20-28(19-26-8-5-17-35-31(26)30)25-6-4-7-27(18-25)33(40)36-21-23-11-13-24(14-12-23)32(39)37-22-34(15-16-34)29-9-2-1-3-10-29/h1-14,17-20,38H,15-16,21-22H2,(H,36,40)(H,37,39). The summed E-state index contributed by atoms with van der Waals surface area (Å²) in [5.41, 5.74) is 5.53. The van der Waals surface area contributed by atoms with Crippen molar-refractivity contribution >= 4 is 22.7 Å². The van der Waals surface area contributed by atoms with Crippen LogP contribution in [0.15, 0.2) is 109 Å². The minimum atomic E-state index is -0.203. The van der Waals surface area contributed by atoms with Crippen LogP contribution in [0.1, 0.15) is 44.7 Å². The lowest BCUT2D eigenvalue weighted by atomic mass is 9.96. The van der Waals surface area contributed by atoms with Gasteiger partial charge in [0.25, 0.3) is 11.8 Å². The van der Waals surface area contributed by atoms with E-state index in [0.717, 1.165) is 34.9 Å². The lowest BCUT2D eigenvalue weighted by molar-refractivity contribution is 0.0941. The summed E-state index contributed by atoms with van der Waals surface area (Å²) >= 11 is 0. The number of nitrogens with zero attached hydrogens (tertiary/aromatic N) is 1. The quantitative estimate of drug-likeness (QED) is 0.231. The number of aromatic hydroxyl groups is 1. The van der Waals surface area contributed by atoms with E-state index in [9.17, 15) is 14.7 Å². The van der Waals surface area contributed by atoms with Gasteiger partial charge in [-0.05, 0) is 77.6 Å². The first-order chi connectivity index (χ1) is 19.5. The molecule has 1 aliphatic rings. The van der Waals surface area contributed by atoms with Crippen molar-refractivity contribution < 1.29 is 14.7 Å². The molecule has 198 valence electrons. The number of rotatable bonds is 8. The van der Waals surface area contributed by atoms with E-state index in [1.54, 1.807) is 30.5 Å². The molecule has 3 N–H and O–H groups in total. The number of pyridine rings is 1. The second-order valence-corrected chi connectivity index (χ2v) is 10.4. The third-order valence-corrected chi connectivity index (χ3v) is 7.64. The smallest absolute Gasteiger partial charge is 0.251 e. The number of fused-ring (bicyclic) bond motifs is 1. The van der Waals surface area contributed by atoms with Crippen LogP contribution in [-0.2, 0) is 12.0 Å². The number of amides is 2. The first-order valence-electron chi connectivity index (χ1n) is 13.4. The first-order valence-corrected chi connectivity index (χ1v) is 13.4. The zero-order valence-electron chi connectivity index (χ0n) is 21.9. The number of carbonyl (C=O) groups excluding carboxylic acids is 2. The Morgan fingerprint density at radius 3 is 2.30 bits per heavy atom. The van der Waals surface area contributed by atoms with Crippen molar-refractivity contribution in [3.8, 4) is 16.9 Å². The van der Waals surface area contributed by atoms with E-state index in [-0.39, 0.29) is 23.0 Å². The number of nitrogens with one attached hydrogen (secondary N) is 2. The van der Waals surface area contributed by atoms with E-state index in [2.05, 4.69) is 27.8 Å². The van der Waals surface area contributed by atoms with Gasteiger partial charge in [-0.3, -0.25) is 14.6 Å². The summed E-state index contributed by atoms with van der Waals surface area (Å²) in [5, 5.41) is 17.3. The molecule has 6 nitrogen and oxygen atoms in total. The van der Waals surface area contributed by atoms with Crippen LogP contribution in [0.25, 0.3) is 22.0 Å². The SMILES string of the molecule is O=C(NCc1ccc(C(=O)NCC2(c3ccccc3)CC2)cc1)c1cccc(-c2cc(O)c3ncccc3c2)c1. The van der Waals surface area contributed by atoms with E-state index in [1.807, 2.05) is 66.7 Å². The minimum Gasteiger partial charge on any atom is -0.506 e. The summed E-state index contributed by atoms with van der Waals surface area (Å²) in [7, 11) is 0. The summed E-state index contributed by atoms with van der Waals surface area (Å²) in [6.45, 7) is 0.965. The highest BCUT2D eigenvalue weighted by atomic mass is 16.3. The molecule has 1 fully saturated rings. The Morgan fingerprint density at radius 2 is 1.52 bits per heavy atom. The monoisotopic (exact) mass is 527 g/mol. The molecule has 2 amide bonds. The summed E-state index contributed by atoms with van der Waals surface area (Å²) in [6, 6.07) is 32.3. The Hall–Kier alpha value is -4.97. The van der Waals surface area contributed by atoms with Gasteiger partial charge >= 0.3 is 0 Å². The Morgan fingerprint density at radius 1 is 0.750 bits per heavy atom. The van der Waals surface area contributed by atoms with E-state index >= 15 is 0 Å². The van der Waals surface area contributed by atoms with E-state index in [4.69, 9.17) is 0 Å². The molecule has 1 saturated carbocycles. The molecule has 6 heteroatoms. The molecule has 1 aliphatic carbocycles. The van der Waals surface area contributed by atoms with Crippen molar-refractivity contribution in [2.75, 3.05) is 6.54 Å². The molecular weight excluding hydrogens is 498 g/mol. The number of hydrogen-bond acceptors (Lipinski definition) is 4. The maximum absolute atomic E-state index is 12.9. The van der Waals surface area contributed by atoms with Crippen LogP contribution in [0, 0.1) is 0 Å².